The number of thiazole rings is 1. The monoisotopic (exact) mass is 282 g/mol. The van der Waals surface area contributed by atoms with Crippen molar-refractivity contribution in [2.24, 2.45) is 0 Å². The van der Waals surface area contributed by atoms with Crippen LogP contribution >= 0.6 is 11.3 Å². The van der Waals surface area contributed by atoms with Crippen molar-refractivity contribution in [1.82, 2.24) is 9.88 Å². The van der Waals surface area contributed by atoms with E-state index in [1.165, 1.54) is 37.0 Å². The zero-order valence-corrected chi connectivity index (χ0v) is 12.5. The van der Waals surface area contributed by atoms with Crippen molar-refractivity contribution in [3.05, 3.63) is 4.88 Å². The maximum Gasteiger partial charge on any atom is 0.267 e. The Balaban J connectivity index is 2.17. The Morgan fingerprint density at radius 2 is 2.00 bits per heavy atom. The van der Waals surface area contributed by atoms with E-state index in [9.17, 15) is 4.79 Å². The van der Waals surface area contributed by atoms with Gasteiger partial charge in [0, 0.05) is 26.7 Å². The van der Waals surface area contributed by atoms with E-state index < -0.39 is 0 Å². The van der Waals surface area contributed by atoms with Gasteiger partial charge in [-0.25, -0.2) is 4.98 Å². The van der Waals surface area contributed by atoms with Gasteiger partial charge in [-0.05, 0) is 19.8 Å². The molecule has 0 unspecified atom stereocenters. The summed E-state index contributed by atoms with van der Waals surface area (Å²) in [6, 6.07) is 0. The molecule has 0 spiro atoms. The highest BCUT2D eigenvalue weighted by Gasteiger charge is 2.22. The first kappa shape index (κ1) is 14.1. The Morgan fingerprint density at radius 3 is 2.58 bits per heavy atom. The number of amides is 1. The summed E-state index contributed by atoms with van der Waals surface area (Å²) in [5.41, 5.74) is 5.91. The first-order chi connectivity index (χ1) is 9.13. The lowest BCUT2D eigenvalue weighted by atomic mass is 10.2. The molecule has 2 rings (SSSR count). The van der Waals surface area contributed by atoms with Crippen LogP contribution in [0.5, 0.6) is 0 Å². The molecule has 1 fully saturated rings. The van der Waals surface area contributed by atoms with Crippen LogP contribution in [0.4, 0.5) is 10.9 Å². The molecular formula is C13H22N4OS. The summed E-state index contributed by atoms with van der Waals surface area (Å²) >= 11 is 1.43. The van der Waals surface area contributed by atoms with Crippen molar-refractivity contribution in [3.63, 3.8) is 0 Å². The number of nitrogen functional groups attached to an aromatic ring is 1. The van der Waals surface area contributed by atoms with Crippen molar-refractivity contribution in [2.45, 2.75) is 32.6 Å². The summed E-state index contributed by atoms with van der Waals surface area (Å²) in [5, 5.41) is 0.896. The van der Waals surface area contributed by atoms with Crippen LogP contribution in [0, 0.1) is 0 Å². The lowest BCUT2D eigenvalue weighted by Crippen LogP contribution is -2.26. The van der Waals surface area contributed by atoms with Crippen molar-refractivity contribution in [2.75, 3.05) is 37.3 Å². The van der Waals surface area contributed by atoms with E-state index >= 15 is 0 Å². The van der Waals surface area contributed by atoms with Gasteiger partial charge in [0.1, 0.15) is 10.7 Å². The van der Waals surface area contributed by atoms with Crippen LogP contribution in [-0.2, 0) is 0 Å². The molecule has 0 aliphatic carbocycles. The van der Waals surface area contributed by atoms with Gasteiger partial charge in [-0.15, -0.1) is 0 Å². The number of hydrogen-bond donors (Lipinski definition) is 1. The average molecular weight is 282 g/mol. The molecule has 1 aromatic heterocycles. The number of rotatable bonds is 3. The largest absolute Gasteiger partial charge is 0.382 e. The zero-order valence-electron chi connectivity index (χ0n) is 11.7. The first-order valence-corrected chi connectivity index (χ1v) is 7.71. The lowest BCUT2D eigenvalue weighted by Gasteiger charge is -2.18. The minimum absolute atomic E-state index is 0.0291. The molecule has 0 saturated carbocycles. The number of aromatic nitrogens is 1. The molecule has 1 aliphatic rings. The van der Waals surface area contributed by atoms with E-state index in [0.717, 1.165) is 18.2 Å². The van der Waals surface area contributed by atoms with Crippen LogP contribution in [0.15, 0.2) is 0 Å². The van der Waals surface area contributed by atoms with Crippen LogP contribution in [-0.4, -0.2) is 42.5 Å². The molecule has 0 radical (unpaired) electrons. The quantitative estimate of drug-likeness (QED) is 0.923. The normalized spacial score (nSPS) is 16.2. The van der Waals surface area contributed by atoms with Gasteiger partial charge in [-0.3, -0.25) is 4.79 Å². The van der Waals surface area contributed by atoms with Crippen LogP contribution in [0.1, 0.15) is 42.3 Å². The maximum atomic E-state index is 12.2. The van der Waals surface area contributed by atoms with Gasteiger partial charge in [0.2, 0.25) is 0 Å². The summed E-state index contributed by atoms with van der Waals surface area (Å²) in [5.74, 6) is 0.341. The standard InChI is InChI=1S/C13H22N4OS/c1-3-16(2)12(18)10-11(14)15-13(19-10)17-8-6-4-5-7-9-17/h3-9,14H2,1-2H3. The van der Waals surface area contributed by atoms with Gasteiger partial charge < -0.3 is 15.5 Å². The van der Waals surface area contributed by atoms with Crippen LogP contribution in [0.2, 0.25) is 0 Å². The summed E-state index contributed by atoms with van der Waals surface area (Å²) in [7, 11) is 1.78. The Bertz CT molecular complexity index is 438. The Morgan fingerprint density at radius 1 is 1.37 bits per heavy atom. The lowest BCUT2D eigenvalue weighted by molar-refractivity contribution is 0.0808. The van der Waals surface area contributed by atoms with Crippen molar-refractivity contribution < 1.29 is 4.79 Å². The second-order valence-electron chi connectivity index (χ2n) is 4.93. The molecule has 106 valence electrons. The average Bonchev–Trinajstić information content (AvgIpc) is 2.65. The SMILES string of the molecule is CCN(C)C(=O)c1sc(N2CCCCCC2)nc1N. The molecule has 6 heteroatoms. The van der Waals surface area contributed by atoms with Crippen molar-refractivity contribution in [1.29, 1.82) is 0 Å². The highest BCUT2D eigenvalue weighted by Crippen LogP contribution is 2.30. The number of anilines is 2. The first-order valence-electron chi connectivity index (χ1n) is 6.90. The van der Waals surface area contributed by atoms with E-state index in [0.29, 0.717) is 17.2 Å². The molecule has 2 heterocycles. The van der Waals surface area contributed by atoms with Crippen LogP contribution in [0.25, 0.3) is 0 Å². The third kappa shape index (κ3) is 3.18. The molecular weight excluding hydrogens is 260 g/mol. The maximum absolute atomic E-state index is 12.2. The number of nitrogens with two attached hydrogens (primary N) is 1. The van der Waals surface area contributed by atoms with Gasteiger partial charge in [0.25, 0.3) is 5.91 Å². The van der Waals surface area contributed by atoms with E-state index in [4.69, 9.17) is 5.73 Å². The topological polar surface area (TPSA) is 62.5 Å². The highest BCUT2D eigenvalue weighted by atomic mass is 32.1. The summed E-state index contributed by atoms with van der Waals surface area (Å²) in [4.78, 5) is 21.0. The summed E-state index contributed by atoms with van der Waals surface area (Å²) < 4.78 is 0. The molecule has 19 heavy (non-hydrogen) atoms. The molecule has 1 aliphatic heterocycles. The van der Waals surface area contributed by atoms with Crippen molar-refractivity contribution >= 4 is 28.2 Å². The fraction of sp³-hybridized carbons (Fsp3) is 0.692. The van der Waals surface area contributed by atoms with E-state index in [1.807, 2.05) is 6.92 Å². The van der Waals surface area contributed by atoms with E-state index in [2.05, 4.69) is 9.88 Å². The molecule has 1 saturated heterocycles. The molecule has 2 N–H and O–H groups in total. The zero-order chi connectivity index (χ0) is 13.8. The Hall–Kier alpha value is -1.30. The second-order valence-corrected chi connectivity index (χ2v) is 5.91. The third-order valence-corrected chi connectivity index (χ3v) is 4.65. The third-order valence-electron chi connectivity index (χ3n) is 3.53. The van der Waals surface area contributed by atoms with Crippen LogP contribution in [0.3, 0.4) is 0 Å². The summed E-state index contributed by atoms with van der Waals surface area (Å²) in [6.45, 7) is 4.66. The molecule has 1 aromatic rings. The number of carbonyl (C=O) groups is 1. The van der Waals surface area contributed by atoms with E-state index in [1.54, 1.807) is 11.9 Å². The highest BCUT2D eigenvalue weighted by molar-refractivity contribution is 7.18. The van der Waals surface area contributed by atoms with Gasteiger partial charge >= 0.3 is 0 Å². The smallest absolute Gasteiger partial charge is 0.267 e. The summed E-state index contributed by atoms with van der Waals surface area (Å²) in [6.07, 6.45) is 4.94. The minimum atomic E-state index is -0.0291. The molecule has 5 nitrogen and oxygen atoms in total. The Labute approximate surface area is 118 Å². The predicted octanol–water partition coefficient (Wildman–Crippen LogP) is 2.20. The van der Waals surface area contributed by atoms with Gasteiger partial charge in [0.05, 0.1) is 0 Å². The Kier molecular flexibility index (Phi) is 4.63. The predicted molar refractivity (Wildman–Crippen MR) is 79.8 cm³/mol. The van der Waals surface area contributed by atoms with Crippen molar-refractivity contribution in [3.8, 4) is 0 Å². The molecule has 0 atom stereocenters. The minimum Gasteiger partial charge on any atom is -0.382 e. The fourth-order valence-electron chi connectivity index (χ4n) is 2.19. The van der Waals surface area contributed by atoms with Gasteiger partial charge in [0.15, 0.2) is 5.13 Å². The fourth-order valence-corrected chi connectivity index (χ4v) is 3.22. The second kappa shape index (κ2) is 6.23. The molecule has 0 aromatic carbocycles. The number of nitrogens with zero attached hydrogens (tertiary/aromatic N) is 3. The van der Waals surface area contributed by atoms with Crippen LogP contribution < -0.4 is 10.6 Å². The number of hydrogen-bond acceptors (Lipinski definition) is 5. The molecule has 0 bridgehead atoms. The van der Waals surface area contributed by atoms with Gasteiger partial charge in [-0.1, -0.05) is 24.2 Å². The molecule has 1 amide bonds. The van der Waals surface area contributed by atoms with E-state index in [-0.39, 0.29) is 5.91 Å². The van der Waals surface area contributed by atoms with Gasteiger partial charge in [-0.2, -0.15) is 0 Å². The number of carbonyl (C=O) groups excluding carboxylic acids is 1.